The maximum absolute atomic E-state index is 13.1. The lowest BCUT2D eigenvalue weighted by Crippen LogP contribution is -2.54. The van der Waals surface area contributed by atoms with E-state index in [9.17, 15) is 14.4 Å². The number of rotatable bonds is 4. The van der Waals surface area contributed by atoms with Crippen molar-refractivity contribution in [2.24, 2.45) is 5.92 Å². The van der Waals surface area contributed by atoms with Crippen LogP contribution in [-0.4, -0.2) is 66.4 Å². The lowest BCUT2D eigenvalue weighted by atomic mass is 9.94. The number of nitrogens with one attached hydrogen (secondary N) is 1. The highest BCUT2D eigenvalue weighted by molar-refractivity contribution is 5.86. The summed E-state index contributed by atoms with van der Waals surface area (Å²) in [6.07, 6.45) is 2.72. The molecule has 1 aromatic carbocycles. The van der Waals surface area contributed by atoms with Gasteiger partial charge in [-0.05, 0) is 30.7 Å². The van der Waals surface area contributed by atoms with E-state index < -0.39 is 12.1 Å². The van der Waals surface area contributed by atoms with Crippen LogP contribution in [0.15, 0.2) is 30.3 Å². The molecule has 1 N–H and O–H groups in total. The van der Waals surface area contributed by atoms with Gasteiger partial charge in [0.1, 0.15) is 6.61 Å². The van der Waals surface area contributed by atoms with Crippen LogP contribution in [0, 0.1) is 5.92 Å². The predicted octanol–water partition coefficient (Wildman–Crippen LogP) is 1.10. The molecule has 0 aromatic heterocycles. The van der Waals surface area contributed by atoms with E-state index in [1.165, 1.54) is 0 Å². The number of ether oxygens (including phenoxy) is 1. The Morgan fingerprint density at radius 2 is 1.86 bits per heavy atom. The predicted molar refractivity (Wildman–Crippen MR) is 102 cm³/mol. The van der Waals surface area contributed by atoms with Crippen molar-refractivity contribution in [2.75, 3.05) is 32.8 Å². The summed E-state index contributed by atoms with van der Waals surface area (Å²) in [5, 5.41) is 2.91. The number of carbonyl (C=O) groups excluding carboxylic acids is 3. The normalized spacial score (nSPS) is 26.4. The molecule has 0 bridgehead atoms. The Morgan fingerprint density at radius 3 is 2.54 bits per heavy atom. The average Bonchev–Trinajstić information content (AvgIpc) is 3.13. The van der Waals surface area contributed by atoms with Crippen molar-refractivity contribution >= 4 is 17.7 Å². The van der Waals surface area contributed by atoms with Gasteiger partial charge in [-0.15, -0.1) is 0 Å². The second kappa shape index (κ2) is 8.31. The molecular weight excluding hydrogens is 358 g/mol. The number of likely N-dealkylation sites (tertiary alicyclic amines) is 2. The van der Waals surface area contributed by atoms with Crippen molar-refractivity contribution in [2.45, 2.75) is 37.8 Å². The van der Waals surface area contributed by atoms with Gasteiger partial charge >= 0.3 is 0 Å². The molecule has 0 aliphatic carbocycles. The summed E-state index contributed by atoms with van der Waals surface area (Å²) in [5.41, 5.74) is 0.872. The summed E-state index contributed by atoms with van der Waals surface area (Å²) in [6.45, 7) is 2.92. The molecular formula is C21H27N3O4. The molecule has 7 heteroatoms. The standard InChI is InChI=1S/C21H27N3O4/c25-17-14-28-20(19(22-17)16-5-2-1-3-6-16)21(27)23-11-8-15(9-12-23)13-24-10-4-7-18(24)26/h1-3,5-6,15,19-20H,4,7-14H2,(H,22,25)/t19-,20+/m1/s1. The number of nitrogens with zero attached hydrogens (tertiary/aromatic N) is 2. The summed E-state index contributed by atoms with van der Waals surface area (Å²) >= 11 is 0. The van der Waals surface area contributed by atoms with E-state index in [4.69, 9.17) is 4.74 Å². The minimum absolute atomic E-state index is 0.0652. The van der Waals surface area contributed by atoms with Gasteiger partial charge in [0.05, 0.1) is 6.04 Å². The van der Waals surface area contributed by atoms with Gasteiger partial charge < -0.3 is 19.9 Å². The zero-order chi connectivity index (χ0) is 19.5. The Kier molecular flexibility index (Phi) is 5.62. The van der Waals surface area contributed by atoms with E-state index >= 15 is 0 Å². The molecule has 0 radical (unpaired) electrons. The van der Waals surface area contributed by atoms with Gasteiger partial charge in [0.2, 0.25) is 11.8 Å². The minimum Gasteiger partial charge on any atom is -0.356 e. The first-order valence-electron chi connectivity index (χ1n) is 10.1. The SMILES string of the molecule is O=C1CO[C@H](C(=O)N2CCC(CN3CCCC3=O)CC2)[C@@H](c2ccccc2)N1. The van der Waals surface area contributed by atoms with Crippen LogP contribution in [0.5, 0.6) is 0 Å². The van der Waals surface area contributed by atoms with E-state index in [0.29, 0.717) is 25.4 Å². The summed E-state index contributed by atoms with van der Waals surface area (Å²) < 4.78 is 5.66. The lowest BCUT2D eigenvalue weighted by Gasteiger charge is -2.38. The van der Waals surface area contributed by atoms with Crippen LogP contribution in [0.1, 0.15) is 37.3 Å². The summed E-state index contributed by atoms with van der Waals surface area (Å²) in [7, 11) is 0. The molecule has 3 fully saturated rings. The van der Waals surface area contributed by atoms with Gasteiger partial charge in [-0.3, -0.25) is 14.4 Å². The van der Waals surface area contributed by atoms with Gasteiger partial charge in [-0.25, -0.2) is 0 Å². The Bertz CT molecular complexity index is 730. The maximum Gasteiger partial charge on any atom is 0.254 e. The highest BCUT2D eigenvalue weighted by Crippen LogP contribution is 2.27. The Labute approximate surface area is 165 Å². The first-order chi connectivity index (χ1) is 13.6. The molecule has 28 heavy (non-hydrogen) atoms. The van der Waals surface area contributed by atoms with Crippen LogP contribution in [0.4, 0.5) is 0 Å². The number of hydrogen-bond donors (Lipinski definition) is 1. The third-order valence-corrected chi connectivity index (χ3v) is 5.99. The summed E-state index contributed by atoms with van der Waals surface area (Å²) in [5.74, 6) is 0.440. The van der Waals surface area contributed by atoms with Gasteiger partial charge in [0, 0.05) is 32.6 Å². The number of morpholine rings is 1. The highest BCUT2D eigenvalue weighted by Gasteiger charge is 2.39. The Balaban J connectivity index is 1.37. The third-order valence-electron chi connectivity index (χ3n) is 5.99. The average molecular weight is 385 g/mol. The van der Waals surface area contributed by atoms with Crippen LogP contribution in [-0.2, 0) is 19.1 Å². The maximum atomic E-state index is 13.1. The van der Waals surface area contributed by atoms with Gasteiger partial charge in [-0.1, -0.05) is 30.3 Å². The van der Waals surface area contributed by atoms with Crippen molar-refractivity contribution in [3.8, 4) is 0 Å². The number of hydrogen-bond acceptors (Lipinski definition) is 4. The van der Waals surface area contributed by atoms with Gasteiger partial charge in [-0.2, -0.15) is 0 Å². The molecule has 4 rings (SSSR count). The van der Waals surface area contributed by atoms with E-state index in [1.807, 2.05) is 40.1 Å². The van der Waals surface area contributed by atoms with Crippen molar-refractivity contribution in [1.82, 2.24) is 15.1 Å². The third kappa shape index (κ3) is 4.04. The lowest BCUT2D eigenvalue weighted by molar-refractivity contribution is -0.156. The van der Waals surface area contributed by atoms with E-state index in [-0.39, 0.29) is 24.3 Å². The minimum atomic E-state index is -0.697. The first kappa shape index (κ1) is 18.9. The topological polar surface area (TPSA) is 79.0 Å². The molecule has 3 heterocycles. The Hall–Kier alpha value is -2.41. The van der Waals surface area contributed by atoms with Crippen molar-refractivity contribution in [3.63, 3.8) is 0 Å². The monoisotopic (exact) mass is 385 g/mol. The van der Waals surface area contributed by atoms with E-state index in [2.05, 4.69) is 5.32 Å². The second-order valence-corrected chi connectivity index (χ2v) is 7.90. The van der Waals surface area contributed by atoms with Gasteiger partial charge in [0.25, 0.3) is 5.91 Å². The quantitative estimate of drug-likeness (QED) is 0.842. The summed E-state index contributed by atoms with van der Waals surface area (Å²) in [6, 6.07) is 9.03. The number of amides is 3. The molecule has 3 aliphatic heterocycles. The zero-order valence-corrected chi connectivity index (χ0v) is 16.0. The fraction of sp³-hybridized carbons (Fsp3) is 0.571. The smallest absolute Gasteiger partial charge is 0.254 e. The molecule has 150 valence electrons. The molecule has 2 atom stereocenters. The van der Waals surface area contributed by atoms with Gasteiger partial charge in [0.15, 0.2) is 6.10 Å². The molecule has 0 unspecified atom stereocenters. The second-order valence-electron chi connectivity index (χ2n) is 7.90. The molecule has 3 aliphatic rings. The molecule has 3 saturated heterocycles. The molecule has 7 nitrogen and oxygen atoms in total. The zero-order valence-electron chi connectivity index (χ0n) is 16.0. The number of benzene rings is 1. The van der Waals surface area contributed by atoms with Crippen LogP contribution in [0.2, 0.25) is 0 Å². The van der Waals surface area contributed by atoms with E-state index in [1.54, 1.807) is 0 Å². The first-order valence-corrected chi connectivity index (χ1v) is 10.1. The highest BCUT2D eigenvalue weighted by atomic mass is 16.5. The van der Waals surface area contributed by atoms with Crippen LogP contribution >= 0.6 is 0 Å². The fourth-order valence-electron chi connectivity index (χ4n) is 4.41. The summed E-state index contributed by atoms with van der Waals surface area (Å²) in [4.78, 5) is 40.6. The van der Waals surface area contributed by atoms with Crippen LogP contribution in [0.25, 0.3) is 0 Å². The number of carbonyl (C=O) groups is 3. The number of piperidine rings is 1. The molecule has 0 spiro atoms. The molecule has 0 saturated carbocycles. The molecule has 1 aromatic rings. The molecule has 3 amide bonds. The van der Waals surface area contributed by atoms with E-state index in [0.717, 1.165) is 37.9 Å². The fourth-order valence-corrected chi connectivity index (χ4v) is 4.41. The van der Waals surface area contributed by atoms with Crippen LogP contribution in [0.3, 0.4) is 0 Å². The van der Waals surface area contributed by atoms with Crippen LogP contribution < -0.4 is 5.32 Å². The van der Waals surface area contributed by atoms with Crippen molar-refractivity contribution < 1.29 is 19.1 Å². The Morgan fingerprint density at radius 1 is 1.11 bits per heavy atom. The van der Waals surface area contributed by atoms with Crippen molar-refractivity contribution in [1.29, 1.82) is 0 Å². The largest absolute Gasteiger partial charge is 0.356 e. The van der Waals surface area contributed by atoms with Crippen molar-refractivity contribution in [3.05, 3.63) is 35.9 Å².